The Morgan fingerprint density at radius 2 is 1.88 bits per heavy atom. The predicted octanol–water partition coefficient (Wildman–Crippen LogP) is 3.06. The third kappa shape index (κ3) is 3.55. The third-order valence-electron chi connectivity index (χ3n) is 3.87. The Kier molecular flexibility index (Phi) is 5.07. The van der Waals surface area contributed by atoms with E-state index in [-0.39, 0.29) is 5.91 Å². The van der Waals surface area contributed by atoms with Crippen LogP contribution in [0.3, 0.4) is 0 Å². The average molecular weight is 385 g/mol. The van der Waals surface area contributed by atoms with E-state index >= 15 is 0 Å². The Morgan fingerprint density at radius 1 is 1.17 bits per heavy atom. The molecule has 128 valence electrons. The van der Waals surface area contributed by atoms with Crippen molar-refractivity contribution >= 4 is 46.2 Å². The Bertz CT molecular complexity index is 773. The number of aryl methyl sites for hydroxylation is 1. The molecule has 1 aliphatic heterocycles. The molecule has 3 amide bonds. The number of thiazole rings is 1. The summed E-state index contributed by atoms with van der Waals surface area (Å²) < 4.78 is 0.699. The maximum absolute atomic E-state index is 12.8. The topological polar surface area (TPSA) is 79.5 Å². The number of amides is 3. The number of nitrogens with two attached hydrogens (primary N) is 1. The van der Waals surface area contributed by atoms with Gasteiger partial charge in [-0.15, -0.1) is 22.7 Å². The molecule has 24 heavy (non-hydrogen) atoms. The minimum atomic E-state index is -0.435. The van der Waals surface area contributed by atoms with E-state index in [1.54, 1.807) is 9.80 Å². The molecule has 0 aliphatic carbocycles. The average Bonchev–Trinajstić information content (AvgIpc) is 3.04. The molecule has 0 spiro atoms. The van der Waals surface area contributed by atoms with Gasteiger partial charge in [-0.25, -0.2) is 9.78 Å². The largest absolute Gasteiger partial charge is 0.351 e. The van der Waals surface area contributed by atoms with Crippen molar-refractivity contribution in [3.8, 4) is 9.88 Å². The number of carbonyl (C=O) groups excluding carboxylic acids is 2. The predicted molar refractivity (Wildman–Crippen MR) is 96.9 cm³/mol. The van der Waals surface area contributed by atoms with Crippen LogP contribution in [0.25, 0.3) is 9.88 Å². The molecule has 6 nitrogen and oxygen atoms in total. The second-order valence-electron chi connectivity index (χ2n) is 5.51. The van der Waals surface area contributed by atoms with Crippen LogP contribution in [0.15, 0.2) is 12.1 Å². The van der Waals surface area contributed by atoms with Crippen LogP contribution in [0, 0.1) is 6.92 Å². The molecule has 0 bridgehead atoms. The van der Waals surface area contributed by atoms with E-state index in [2.05, 4.69) is 4.98 Å². The Morgan fingerprint density at radius 3 is 2.54 bits per heavy atom. The third-order valence-corrected chi connectivity index (χ3v) is 6.42. The number of nitrogens with zero attached hydrogens (tertiary/aromatic N) is 3. The van der Waals surface area contributed by atoms with Gasteiger partial charge < -0.3 is 15.5 Å². The first-order chi connectivity index (χ1) is 11.5. The molecule has 1 fully saturated rings. The van der Waals surface area contributed by atoms with Crippen LogP contribution < -0.4 is 5.73 Å². The number of rotatable bonds is 2. The van der Waals surface area contributed by atoms with E-state index < -0.39 is 6.03 Å². The smallest absolute Gasteiger partial charge is 0.314 e. The van der Waals surface area contributed by atoms with Crippen molar-refractivity contribution in [1.29, 1.82) is 0 Å². The van der Waals surface area contributed by atoms with Crippen LogP contribution in [0.5, 0.6) is 0 Å². The summed E-state index contributed by atoms with van der Waals surface area (Å²) in [5.74, 6) is -0.0368. The highest BCUT2D eigenvalue weighted by molar-refractivity contribution is 7.24. The maximum Gasteiger partial charge on any atom is 0.314 e. The van der Waals surface area contributed by atoms with E-state index in [0.717, 1.165) is 22.0 Å². The summed E-state index contributed by atoms with van der Waals surface area (Å²) in [6.45, 7) is 3.99. The van der Waals surface area contributed by atoms with E-state index in [9.17, 15) is 9.59 Å². The highest BCUT2D eigenvalue weighted by atomic mass is 35.5. The lowest BCUT2D eigenvalue weighted by Gasteiger charge is -2.20. The SMILES string of the molecule is Cc1nc(-c2ccc(Cl)s2)sc1C(=O)N1CCCN(C(N)=O)CC1. The van der Waals surface area contributed by atoms with Gasteiger partial charge in [-0.2, -0.15) is 0 Å². The standard InChI is InChI=1S/C15H17ClN4O2S2/c1-9-12(24-13(18-9)10-3-4-11(16)23-10)14(21)19-5-2-6-20(8-7-19)15(17)22/h3-4H,2,5-8H2,1H3,(H2,17,22). The molecule has 1 aliphatic rings. The van der Waals surface area contributed by atoms with Gasteiger partial charge in [0.1, 0.15) is 9.88 Å². The van der Waals surface area contributed by atoms with Crippen LogP contribution in [0.1, 0.15) is 21.8 Å². The number of urea groups is 1. The van der Waals surface area contributed by atoms with Crippen molar-refractivity contribution in [1.82, 2.24) is 14.8 Å². The number of halogens is 1. The lowest BCUT2D eigenvalue weighted by molar-refractivity contribution is 0.0766. The van der Waals surface area contributed by atoms with Gasteiger partial charge >= 0.3 is 6.03 Å². The van der Waals surface area contributed by atoms with Crippen molar-refractivity contribution in [3.05, 3.63) is 27.0 Å². The molecular weight excluding hydrogens is 368 g/mol. The number of thiophene rings is 1. The fraction of sp³-hybridized carbons (Fsp3) is 0.400. The maximum atomic E-state index is 12.8. The Balaban J connectivity index is 1.78. The first-order valence-electron chi connectivity index (χ1n) is 7.52. The van der Waals surface area contributed by atoms with Crippen LogP contribution in [0.4, 0.5) is 4.79 Å². The number of aromatic nitrogens is 1. The summed E-state index contributed by atoms with van der Waals surface area (Å²) >= 11 is 8.81. The van der Waals surface area contributed by atoms with Gasteiger partial charge in [0.2, 0.25) is 0 Å². The summed E-state index contributed by atoms with van der Waals surface area (Å²) in [5, 5.41) is 0.807. The van der Waals surface area contributed by atoms with Gasteiger partial charge in [-0.3, -0.25) is 4.79 Å². The van der Waals surface area contributed by atoms with E-state index in [0.29, 0.717) is 35.4 Å². The number of hydrogen-bond donors (Lipinski definition) is 1. The van der Waals surface area contributed by atoms with E-state index in [4.69, 9.17) is 17.3 Å². The first-order valence-corrected chi connectivity index (χ1v) is 9.53. The zero-order valence-electron chi connectivity index (χ0n) is 13.1. The summed E-state index contributed by atoms with van der Waals surface area (Å²) in [5.41, 5.74) is 6.05. The number of hydrogen-bond acceptors (Lipinski definition) is 5. The van der Waals surface area contributed by atoms with Gasteiger partial charge in [-0.05, 0) is 25.5 Å². The molecule has 0 radical (unpaired) electrons. The van der Waals surface area contributed by atoms with Crippen molar-refractivity contribution in [2.24, 2.45) is 5.73 Å². The Hall–Kier alpha value is -1.64. The van der Waals surface area contributed by atoms with Crippen LogP contribution in [-0.4, -0.2) is 52.9 Å². The fourth-order valence-corrected chi connectivity index (χ4v) is 4.75. The monoisotopic (exact) mass is 384 g/mol. The van der Waals surface area contributed by atoms with Gasteiger partial charge in [0, 0.05) is 26.2 Å². The molecule has 0 atom stereocenters. The van der Waals surface area contributed by atoms with Crippen molar-refractivity contribution < 1.29 is 9.59 Å². The number of primary amides is 1. The van der Waals surface area contributed by atoms with Crippen molar-refractivity contribution in [2.45, 2.75) is 13.3 Å². The minimum absolute atomic E-state index is 0.0368. The summed E-state index contributed by atoms with van der Waals surface area (Å²) in [4.78, 5) is 33.6. The molecule has 3 heterocycles. The first kappa shape index (κ1) is 17.2. The molecule has 0 saturated carbocycles. The summed E-state index contributed by atoms with van der Waals surface area (Å²) in [7, 11) is 0. The van der Waals surface area contributed by atoms with Crippen molar-refractivity contribution in [2.75, 3.05) is 26.2 Å². The van der Waals surface area contributed by atoms with Gasteiger partial charge in [0.05, 0.1) is 14.9 Å². The van der Waals surface area contributed by atoms with Crippen molar-refractivity contribution in [3.63, 3.8) is 0 Å². The van der Waals surface area contributed by atoms with Crippen LogP contribution in [-0.2, 0) is 0 Å². The molecule has 1 saturated heterocycles. The number of carbonyl (C=O) groups is 2. The molecule has 0 aromatic carbocycles. The molecule has 9 heteroatoms. The quantitative estimate of drug-likeness (QED) is 0.864. The highest BCUT2D eigenvalue weighted by Crippen LogP contribution is 2.35. The zero-order chi connectivity index (χ0) is 17.3. The molecule has 3 rings (SSSR count). The normalized spacial score (nSPS) is 15.4. The second-order valence-corrected chi connectivity index (χ2v) is 8.22. The summed E-state index contributed by atoms with van der Waals surface area (Å²) in [6.07, 6.45) is 0.722. The molecular formula is C15H17ClN4O2S2. The lowest BCUT2D eigenvalue weighted by atomic mass is 10.3. The zero-order valence-corrected chi connectivity index (χ0v) is 15.5. The van der Waals surface area contributed by atoms with E-state index in [1.807, 2.05) is 19.1 Å². The van der Waals surface area contributed by atoms with Crippen LogP contribution in [0.2, 0.25) is 4.34 Å². The molecule has 2 N–H and O–H groups in total. The lowest BCUT2D eigenvalue weighted by Crippen LogP contribution is -2.39. The van der Waals surface area contributed by atoms with Gasteiger partial charge in [0.15, 0.2) is 0 Å². The highest BCUT2D eigenvalue weighted by Gasteiger charge is 2.25. The fourth-order valence-electron chi connectivity index (χ4n) is 2.61. The second kappa shape index (κ2) is 7.08. The van der Waals surface area contributed by atoms with Gasteiger partial charge in [0.25, 0.3) is 5.91 Å². The van der Waals surface area contributed by atoms with E-state index in [1.165, 1.54) is 22.7 Å². The minimum Gasteiger partial charge on any atom is -0.351 e. The van der Waals surface area contributed by atoms with Gasteiger partial charge in [-0.1, -0.05) is 11.6 Å². The Labute approximate surface area is 152 Å². The summed E-state index contributed by atoms with van der Waals surface area (Å²) in [6, 6.07) is 3.30. The van der Waals surface area contributed by atoms with Crippen LogP contribution >= 0.6 is 34.3 Å². The molecule has 2 aromatic rings. The molecule has 0 unspecified atom stereocenters. The molecule has 2 aromatic heterocycles.